The Balaban J connectivity index is 0.00000240. The monoisotopic (exact) mass is 579 g/mol. The fourth-order valence-electron chi connectivity index (χ4n) is 6.77. The maximum absolute atomic E-state index is 5.36. The normalized spacial score (nSPS) is 28.1. The summed E-state index contributed by atoms with van der Waals surface area (Å²) >= 11 is 0. The molecule has 0 saturated carbocycles. The van der Waals surface area contributed by atoms with Gasteiger partial charge in [-0.25, -0.2) is 0 Å². The Labute approximate surface area is 245 Å². The minimum atomic E-state index is -0.386. The molecule has 5 aliphatic heterocycles. The molecule has 6 heterocycles. The van der Waals surface area contributed by atoms with E-state index in [1.165, 1.54) is 0 Å². The number of fused-ring (bicyclic) bond motifs is 16. The van der Waals surface area contributed by atoms with Crippen LogP contribution in [-0.4, -0.2) is 21.7 Å². The Hall–Kier alpha value is -4.56. The van der Waals surface area contributed by atoms with Gasteiger partial charge in [-0.1, -0.05) is 97.1 Å². The number of hydrogen-bond acceptors (Lipinski definition) is 6. The number of nitrogens with zero attached hydrogens (tertiary/aromatic N) is 8. The van der Waals surface area contributed by atoms with Gasteiger partial charge in [0.15, 0.2) is 0 Å². The van der Waals surface area contributed by atoms with Crippen LogP contribution in [0.1, 0.15) is 58.0 Å². The summed E-state index contributed by atoms with van der Waals surface area (Å²) in [5.74, 6) is 1.65. The summed E-state index contributed by atoms with van der Waals surface area (Å²) in [5.41, 5.74) is 7.82. The quantitative estimate of drug-likeness (QED) is 0.252. The van der Waals surface area contributed by atoms with E-state index in [9.17, 15) is 0 Å². The van der Waals surface area contributed by atoms with Crippen molar-refractivity contribution in [2.75, 3.05) is 0 Å². The third-order valence-electron chi connectivity index (χ3n) is 8.52. The van der Waals surface area contributed by atoms with Gasteiger partial charge in [-0.3, -0.25) is 20.0 Å². The van der Waals surface area contributed by atoms with Crippen LogP contribution < -0.4 is 16.0 Å². The van der Waals surface area contributed by atoms with Crippen LogP contribution in [0.25, 0.3) is 16.1 Å². The molecule has 4 bridgehead atoms. The van der Waals surface area contributed by atoms with Crippen molar-refractivity contribution in [2.24, 2.45) is 20.0 Å². The molecule has 10 rings (SSSR count). The average Bonchev–Trinajstić information content (AvgIpc) is 3.72. The Kier molecular flexibility index (Phi) is 4.66. The number of hydrogen-bond donors (Lipinski definition) is 0. The number of aromatic nitrogens is 1. The molecule has 0 aliphatic carbocycles. The molecule has 4 aromatic carbocycles. The van der Waals surface area contributed by atoms with E-state index in [4.69, 9.17) is 30.3 Å². The van der Waals surface area contributed by atoms with Crippen LogP contribution in [-0.2, 0) is 17.1 Å². The van der Waals surface area contributed by atoms with E-state index in [-0.39, 0.29) is 41.7 Å². The molecule has 0 saturated heterocycles. The minimum absolute atomic E-state index is 0. The molecule has 0 fully saturated rings. The van der Waals surface area contributed by atoms with Crippen LogP contribution in [0.2, 0.25) is 0 Å². The second kappa shape index (κ2) is 8.24. The van der Waals surface area contributed by atoms with Gasteiger partial charge in [-0.05, 0) is 45.4 Å². The van der Waals surface area contributed by atoms with Crippen LogP contribution in [0.5, 0.6) is 0 Å². The van der Waals surface area contributed by atoms with Crippen molar-refractivity contribution in [2.45, 2.75) is 24.7 Å². The average molecular weight is 580 g/mol. The number of amidine groups is 2. The van der Waals surface area contributed by atoms with Gasteiger partial charge < -0.3 is 20.3 Å². The molecule has 5 aliphatic rings. The molecule has 5 aromatic rings. The Morgan fingerprint density at radius 2 is 0.902 bits per heavy atom. The SMILES string of the molecule is [Cu+2].c1ccc2c(c1)/C1=N/C3[N-]C(/N=C4/c5ccccc5C5/N=c6\[n-]/c(c7ccccc67)=N\C2N1N45)c1ccccc13. The zero-order chi connectivity index (χ0) is 25.9. The van der Waals surface area contributed by atoms with Gasteiger partial charge in [0.1, 0.15) is 24.0 Å². The molecule has 4 unspecified atom stereocenters. The van der Waals surface area contributed by atoms with Gasteiger partial charge in [-0.15, -0.1) is 0 Å². The first kappa shape index (κ1) is 23.2. The van der Waals surface area contributed by atoms with Crippen molar-refractivity contribution in [3.63, 3.8) is 0 Å². The molecular weight excluding hydrogens is 560 g/mol. The minimum Gasteiger partial charge on any atom is -0.611 e. The van der Waals surface area contributed by atoms with Gasteiger partial charge in [0.2, 0.25) is 0 Å². The van der Waals surface area contributed by atoms with E-state index in [1.807, 2.05) is 12.1 Å². The summed E-state index contributed by atoms with van der Waals surface area (Å²) in [7, 11) is 0. The van der Waals surface area contributed by atoms with Crippen LogP contribution in [0.3, 0.4) is 0 Å². The first-order chi connectivity index (χ1) is 19.8. The third-order valence-corrected chi connectivity index (χ3v) is 8.52. The van der Waals surface area contributed by atoms with E-state index < -0.39 is 0 Å². The number of rotatable bonds is 0. The summed E-state index contributed by atoms with van der Waals surface area (Å²) < 4.78 is 0. The number of aliphatic imine (C=N–C) groups is 2. The van der Waals surface area contributed by atoms with Crippen molar-refractivity contribution in [1.29, 1.82) is 0 Å². The van der Waals surface area contributed by atoms with Crippen molar-refractivity contribution >= 4 is 22.4 Å². The first-order valence-corrected chi connectivity index (χ1v) is 13.5. The van der Waals surface area contributed by atoms with Crippen LogP contribution in [0, 0.1) is 0 Å². The number of benzene rings is 4. The predicted octanol–water partition coefficient (Wildman–Crippen LogP) is 4.58. The standard InChI is InChI=1S/C32H20N8.Cu/c1-2-10-18-17(9-1)25-33-26(18)36-30-23-15-7-8-16-24(23)32-38-28-20-12-4-3-11-19(20)27(34-28)37-31-22-14-6-5-13-21(22)29(35-25)39(31)40(30)32;/h1-16,25-26,31-32H;/q-2;+2/b35-29-,36-30-;. The van der Waals surface area contributed by atoms with Gasteiger partial charge in [0.25, 0.3) is 0 Å². The van der Waals surface area contributed by atoms with Crippen molar-refractivity contribution in [1.82, 2.24) is 15.0 Å². The second-order valence-corrected chi connectivity index (χ2v) is 10.6. The smallest absolute Gasteiger partial charge is 0.611 e. The van der Waals surface area contributed by atoms with Gasteiger partial charge in [0.05, 0.1) is 0 Å². The van der Waals surface area contributed by atoms with Crippen LogP contribution >= 0.6 is 0 Å². The second-order valence-electron chi connectivity index (χ2n) is 10.6. The van der Waals surface area contributed by atoms with Gasteiger partial charge >= 0.3 is 17.1 Å². The molecule has 0 amide bonds. The Bertz CT molecular complexity index is 1970. The van der Waals surface area contributed by atoms with E-state index in [0.717, 1.165) is 55.8 Å². The molecule has 41 heavy (non-hydrogen) atoms. The fraction of sp³-hybridized carbons (Fsp3) is 0.125. The summed E-state index contributed by atoms with van der Waals surface area (Å²) in [6, 6.07) is 33.4. The summed E-state index contributed by atoms with van der Waals surface area (Å²) in [4.78, 5) is 26.4. The summed E-state index contributed by atoms with van der Waals surface area (Å²) in [6.07, 6.45) is -1.48. The Morgan fingerprint density at radius 1 is 0.488 bits per heavy atom. The molecule has 199 valence electrons. The zero-order valence-electron chi connectivity index (χ0n) is 21.4. The van der Waals surface area contributed by atoms with Crippen LogP contribution in [0.15, 0.2) is 117 Å². The van der Waals surface area contributed by atoms with Crippen molar-refractivity contribution in [3.05, 3.63) is 147 Å². The van der Waals surface area contributed by atoms with Gasteiger partial charge in [-0.2, -0.15) is 0 Å². The molecule has 0 N–H and O–H groups in total. The maximum atomic E-state index is 5.36. The zero-order valence-corrected chi connectivity index (χ0v) is 22.4. The molecule has 8 nitrogen and oxygen atoms in total. The van der Waals surface area contributed by atoms with E-state index in [0.29, 0.717) is 11.0 Å². The van der Waals surface area contributed by atoms with E-state index in [2.05, 4.69) is 94.9 Å². The van der Waals surface area contributed by atoms with Crippen LogP contribution in [0.4, 0.5) is 0 Å². The van der Waals surface area contributed by atoms with Crippen molar-refractivity contribution in [3.8, 4) is 0 Å². The molecular formula is C32H20CuN8. The van der Waals surface area contributed by atoms with Gasteiger partial charge in [0, 0.05) is 22.1 Å². The topological polar surface area (TPSA) is 84.1 Å². The number of hydrazine groups is 1. The molecule has 1 radical (unpaired) electrons. The predicted molar refractivity (Wildman–Crippen MR) is 150 cm³/mol. The third kappa shape index (κ3) is 2.97. The molecule has 1 aromatic heterocycles. The van der Waals surface area contributed by atoms with Crippen molar-refractivity contribution < 1.29 is 17.1 Å². The maximum Gasteiger partial charge on any atom is 2.00 e. The first-order valence-electron chi connectivity index (χ1n) is 13.5. The largest absolute Gasteiger partial charge is 2.00 e. The molecule has 0 spiro atoms. The fourth-order valence-corrected chi connectivity index (χ4v) is 6.77. The molecule has 4 atom stereocenters. The van der Waals surface area contributed by atoms with E-state index in [1.54, 1.807) is 0 Å². The summed E-state index contributed by atoms with van der Waals surface area (Å²) in [5, 5.41) is 11.5. The van der Waals surface area contributed by atoms with E-state index >= 15 is 0 Å². The summed E-state index contributed by atoms with van der Waals surface area (Å²) in [6.45, 7) is 0. The molecule has 9 heteroatoms. The Morgan fingerprint density at radius 3 is 1.39 bits per heavy atom.